The third-order valence-corrected chi connectivity index (χ3v) is 10.5. The molecule has 0 bridgehead atoms. The van der Waals surface area contributed by atoms with Gasteiger partial charge in [0.25, 0.3) is 0 Å². The number of aromatic nitrogens is 2. The zero-order chi connectivity index (χ0) is 16.4. The van der Waals surface area contributed by atoms with Gasteiger partial charge < -0.3 is 4.90 Å². The lowest BCUT2D eigenvalue weighted by Crippen LogP contribution is -2.62. The van der Waals surface area contributed by atoms with Gasteiger partial charge in [0, 0.05) is 11.8 Å². The molecule has 3 nitrogen and oxygen atoms in total. The second kappa shape index (κ2) is 6.38. The van der Waals surface area contributed by atoms with Gasteiger partial charge in [-0.1, -0.05) is 65.0 Å². The first-order chi connectivity index (χ1) is 11.8. The standard InChI is InChI=1S/C20H23N3Si/c1-23-11-13-24(14-12-23,19-5-3-2-4-6-19)20-9-7-17(8-10-20)18-15-21-22-16-18/h2-10,15-16H,11-14H2,1H3,(H,21,22). The fourth-order valence-corrected chi connectivity index (χ4v) is 8.79. The normalized spacial score (nSPS) is 17.7. The van der Waals surface area contributed by atoms with Gasteiger partial charge in [0.05, 0.1) is 6.20 Å². The van der Waals surface area contributed by atoms with E-state index < -0.39 is 8.07 Å². The molecule has 0 atom stereocenters. The van der Waals surface area contributed by atoms with Crippen molar-refractivity contribution in [1.82, 2.24) is 15.1 Å². The summed E-state index contributed by atoms with van der Waals surface area (Å²) in [5.41, 5.74) is 2.39. The highest BCUT2D eigenvalue weighted by Crippen LogP contribution is 2.24. The van der Waals surface area contributed by atoms with E-state index in [4.69, 9.17) is 0 Å². The van der Waals surface area contributed by atoms with Crippen LogP contribution < -0.4 is 10.4 Å². The van der Waals surface area contributed by atoms with Gasteiger partial charge in [-0.3, -0.25) is 5.10 Å². The minimum atomic E-state index is -1.65. The molecule has 0 radical (unpaired) electrons. The number of nitrogens with one attached hydrogen (secondary N) is 1. The van der Waals surface area contributed by atoms with E-state index in [0.717, 1.165) is 5.56 Å². The van der Waals surface area contributed by atoms with E-state index in [2.05, 4.69) is 76.7 Å². The highest BCUT2D eigenvalue weighted by molar-refractivity contribution is 7.02. The maximum atomic E-state index is 4.06. The maximum Gasteiger partial charge on any atom is 0.120 e. The first kappa shape index (κ1) is 15.4. The van der Waals surface area contributed by atoms with Crippen LogP contribution in [-0.4, -0.2) is 43.3 Å². The highest BCUT2D eigenvalue weighted by Gasteiger charge is 2.39. The first-order valence-electron chi connectivity index (χ1n) is 8.62. The molecule has 1 saturated heterocycles. The van der Waals surface area contributed by atoms with Crippen LogP contribution in [0.15, 0.2) is 67.0 Å². The molecule has 0 amide bonds. The first-order valence-corrected chi connectivity index (χ1v) is 11.0. The van der Waals surface area contributed by atoms with Gasteiger partial charge in [0.1, 0.15) is 8.07 Å². The third-order valence-electron chi connectivity index (χ3n) is 5.44. The monoisotopic (exact) mass is 333 g/mol. The van der Waals surface area contributed by atoms with E-state index in [1.807, 2.05) is 12.4 Å². The molecule has 1 aromatic heterocycles. The van der Waals surface area contributed by atoms with Crippen LogP contribution >= 0.6 is 0 Å². The molecular formula is C20H23N3Si. The second-order valence-electron chi connectivity index (χ2n) is 6.82. The zero-order valence-electron chi connectivity index (χ0n) is 14.1. The van der Waals surface area contributed by atoms with E-state index in [1.54, 1.807) is 10.4 Å². The van der Waals surface area contributed by atoms with E-state index in [-0.39, 0.29) is 0 Å². The minimum Gasteiger partial charge on any atom is -0.307 e. The molecule has 1 N–H and O–H groups in total. The van der Waals surface area contributed by atoms with Gasteiger partial charge in [-0.2, -0.15) is 5.10 Å². The number of benzene rings is 2. The Morgan fingerprint density at radius 3 is 2.17 bits per heavy atom. The molecule has 24 heavy (non-hydrogen) atoms. The van der Waals surface area contributed by atoms with E-state index in [0.29, 0.717) is 0 Å². The third kappa shape index (κ3) is 2.72. The van der Waals surface area contributed by atoms with Crippen LogP contribution in [0.25, 0.3) is 11.1 Å². The summed E-state index contributed by atoms with van der Waals surface area (Å²) in [5, 5.41) is 10.1. The molecule has 122 valence electrons. The van der Waals surface area contributed by atoms with Crippen LogP contribution in [-0.2, 0) is 0 Å². The molecule has 0 spiro atoms. The molecule has 4 rings (SSSR count). The molecule has 3 aromatic rings. The van der Waals surface area contributed by atoms with Gasteiger partial charge >= 0.3 is 0 Å². The zero-order valence-corrected chi connectivity index (χ0v) is 15.1. The number of H-pyrrole nitrogens is 1. The van der Waals surface area contributed by atoms with Crippen molar-refractivity contribution in [1.29, 1.82) is 0 Å². The Morgan fingerprint density at radius 1 is 0.875 bits per heavy atom. The average molecular weight is 334 g/mol. The summed E-state index contributed by atoms with van der Waals surface area (Å²) >= 11 is 0. The van der Waals surface area contributed by atoms with Crippen molar-refractivity contribution < 1.29 is 0 Å². The predicted molar refractivity (Wildman–Crippen MR) is 103 cm³/mol. The minimum absolute atomic E-state index is 1.15. The topological polar surface area (TPSA) is 31.9 Å². The van der Waals surface area contributed by atoms with Crippen LogP contribution in [0.4, 0.5) is 0 Å². The lowest BCUT2D eigenvalue weighted by Gasteiger charge is -2.40. The number of rotatable bonds is 3. The molecule has 2 heterocycles. The quantitative estimate of drug-likeness (QED) is 0.747. The lowest BCUT2D eigenvalue weighted by molar-refractivity contribution is 0.357. The number of hydrogen-bond donors (Lipinski definition) is 1. The molecule has 1 fully saturated rings. The van der Waals surface area contributed by atoms with Crippen molar-refractivity contribution in [2.24, 2.45) is 0 Å². The molecule has 2 aromatic carbocycles. The predicted octanol–water partition coefficient (Wildman–Crippen LogP) is 2.59. The van der Waals surface area contributed by atoms with E-state index >= 15 is 0 Å². The molecule has 0 unspecified atom stereocenters. The lowest BCUT2D eigenvalue weighted by atomic mass is 10.1. The van der Waals surface area contributed by atoms with Gasteiger partial charge in [0.2, 0.25) is 0 Å². The van der Waals surface area contributed by atoms with E-state index in [9.17, 15) is 0 Å². The fraction of sp³-hybridized carbons (Fsp3) is 0.250. The van der Waals surface area contributed by atoms with Crippen LogP contribution in [0.5, 0.6) is 0 Å². The summed E-state index contributed by atoms with van der Waals surface area (Å²) < 4.78 is 0. The summed E-state index contributed by atoms with van der Waals surface area (Å²) in [5.74, 6) is 0. The summed E-state index contributed by atoms with van der Waals surface area (Å²) in [6.07, 6.45) is 3.84. The Bertz CT molecular complexity index is 774. The van der Waals surface area contributed by atoms with Crippen molar-refractivity contribution in [3.63, 3.8) is 0 Å². The Kier molecular flexibility index (Phi) is 4.08. The molecule has 0 saturated carbocycles. The SMILES string of the molecule is CN1CC[Si](c2ccccc2)(c2ccc(-c3cn[nH]c3)cc2)CC1. The van der Waals surface area contributed by atoms with Crippen LogP contribution in [0.3, 0.4) is 0 Å². The summed E-state index contributed by atoms with van der Waals surface area (Å²) in [6.45, 7) is 2.40. The van der Waals surface area contributed by atoms with Crippen molar-refractivity contribution in [2.75, 3.05) is 20.1 Å². The smallest absolute Gasteiger partial charge is 0.120 e. The van der Waals surface area contributed by atoms with Gasteiger partial charge in [0.15, 0.2) is 0 Å². The Labute approximate surface area is 144 Å². The van der Waals surface area contributed by atoms with E-state index in [1.165, 1.54) is 30.7 Å². The van der Waals surface area contributed by atoms with Crippen LogP contribution in [0.1, 0.15) is 0 Å². The Morgan fingerprint density at radius 2 is 1.54 bits per heavy atom. The maximum absolute atomic E-state index is 4.06. The molecule has 1 aliphatic heterocycles. The number of hydrogen-bond acceptors (Lipinski definition) is 2. The van der Waals surface area contributed by atoms with Crippen LogP contribution in [0.2, 0.25) is 12.1 Å². The largest absolute Gasteiger partial charge is 0.307 e. The van der Waals surface area contributed by atoms with Crippen molar-refractivity contribution in [2.45, 2.75) is 12.1 Å². The van der Waals surface area contributed by atoms with Gasteiger partial charge in [-0.05, 0) is 37.8 Å². The Balaban J connectivity index is 1.74. The molecule has 0 aliphatic carbocycles. The summed E-state index contributed by atoms with van der Waals surface area (Å²) in [7, 11) is 0.592. The molecule has 4 heteroatoms. The Hall–Kier alpha value is -2.17. The number of nitrogens with zero attached hydrogens (tertiary/aromatic N) is 2. The van der Waals surface area contributed by atoms with Gasteiger partial charge in [-0.25, -0.2) is 0 Å². The molecule has 1 aliphatic rings. The average Bonchev–Trinajstić information content (AvgIpc) is 3.18. The summed E-state index contributed by atoms with van der Waals surface area (Å²) in [6, 6.07) is 23.1. The highest BCUT2D eigenvalue weighted by atomic mass is 28.3. The van der Waals surface area contributed by atoms with Crippen LogP contribution in [0, 0.1) is 0 Å². The van der Waals surface area contributed by atoms with Crippen molar-refractivity contribution >= 4 is 18.4 Å². The second-order valence-corrected chi connectivity index (χ2v) is 11.1. The molecular weight excluding hydrogens is 310 g/mol. The fourth-order valence-electron chi connectivity index (χ4n) is 3.89. The van der Waals surface area contributed by atoms with Crippen molar-refractivity contribution in [3.8, 4) is 11.1 Å². The number of aromatic amines is 1. The van der Waals surface area contributed by atoms with Gasteiger partial charge in [-0.15, -0.1) is 0 Å². The summed E-state index contributed by atoms with van der Waals surface area (Å²) in [4.78, 5) is 2.47. The van der Waals surface area contributed by atoms with Crippen molar-refractivity contribution in [3.05, 3.63) is 67.0 Å².